The number of benzene rings is 2. The summed E-state index contributed by atoms with van der Waals surface area (Å²) in [6, 6.07) is 15.5. The Labute approximate surface area is 189 Å². The van der Waals surface area contributed by atoms with Crippen molar-refractivity contribution in [3.63, 3.8) is 0 Å². The first kappa shape index (κ1) is 23.6. The number of aryl methyl sites for hydroxylation is 1. The van der Waals surface area contributed by atoms with Crippen LogP contribution in [0.4, 0.5) is 4.39 Å². The Morgan fingerprint density at radius 1 is 1.14 bits per heavy atom. The molecular weight excluding hydrogens is 482 g/mol. The molecule has 1 saturated heterocycles. The van der Waals surface area contributed by atoms with Crippen molar-refractivity contribution in [3.05, 3.63) is 71.0 Å². The topological polar surface area (TPSA) is 48.9 Å². The molecule has 3 rings (SSSR count). The minimum absolute atomic E-state index is 0. The normalized spacial score (nSPS) is 16.0. The second-order valence-electron chi connectivity index (χ2n) is 7.01. The van der Waals surface area contributed by atoms with Crippen LogP contribution in [0.15, 0.2) is 53.5 Å². The Morgan fingerprint density at radius 2 is 1.86 bits per heavy atom. The molecule has 0 aromatic heterocycles. The van der Waals surface area contributed by atoms with Gasteiger partial charge in [0.1, 0.15) is 5.82 Å². The first-order chi connectivity index (χ1) is 13.7. The van der Waals surface area contributed by atoms with Gasteiger partial charge >= 0.3 is 0 Å². The van der Waals surface area contributed by atoms with Crippen LogP contribution in [0.3, 0.4) is 0 Å². The van der Waals surface area contributed by atoms with E-state index >= 15 is 0 Å². The number of hydrogen-bond acceptors (Lipinski definition) is 3. The molecule has 0 saturated carbocycles. The molecule has 2 N–H and O–H groups in total. The van der Waals surface area contributed by atoms with Crippen LogP contribution < -0.4 is 10.6 Å². The van der Waals surface area contributed by atoms with Gasteiger partial charge in [0.05, 0.1) is 19.3 Å². The Bertz CT molecular complexity index is 779. The molecule has 1 aliphatic heterocycles. The van der Waals surface area contributed by atoms with E-state index in [1.165, 1.54) is 23.3 Å². The van der Waals surface area contributed by atoms with E-state index in [-0.39, 0.29) is 35.8 Å². The third-order valence-corrected chi connectivity index (χ3v) is 4.98. The number of hydrogen-bond donors (Lipinski definition) is 2. The van der Waals surface area contributed by atoms with Crippen LogP contribution in [0.2, 0.25) is 0 Å². The van der Waals surface area contributed by atoms with Crippen molar-refractivity contribution >= 4 is 29.9 Å². The number of guanidine groups is 1. The summed E-state index contributed by atoms with van der Waals surface area (Å²) < 4.78 is 18.9. The van der Waals surface area contributed by atoms with Gasteiger partial charge in [-0.25, -0.2) is 4.39 Å². The summed E-state index contributed by atoms with van der Waals surface area (Å²) in [5, 5.41) is 6.69. The first-order valence-electron chi connectivity index (χ1n) is 9.73. The van der Waals surface area contributed by atoms with E-state index < -0.39 is 0 Å². The van der Waals surface area contributed by atoms with Crippen molar-refractivity contribution < 1.29 is 9.13 Å². The van der Waals surface area contributed by atoms with Gasteiger partial charge in [0, 0.05) is 33.2 Å². The molecule has 1 aliphatic rings. The number of nitrogens with one attached hydrogen (secondary N) is 2. The average Bonchev–Trinajstić information content (AvgIpc) is 2.72. The van der Waals surface area contributed by atoms with Crippen LogP contribution >= 0.6 is 24.0 Å². The molecule has 1 atom stereocenters. The van der Waals surface area contributed by atoms with Gasteiger partial charge < -0.3 is 15.4 Å². The van der Waals surface area contributed by atoms with Gasteiger partial charge in [0.15, 0.2) is 5.96 Å². The van der Waals surface area contributed by atoms with Gasteiger partial charge in [0.2, 0.25) is 0 Å². The minimum Gasteiger partial charge on any atom is -0.379 e. The zero-order valence-corrected chi connectivity index (χ0v) is 19.4. The number of nitrogens with zero attached hydrogens (tertiary/aromatic N) is 2. The number of aliphatic imine (C=N–C) groups is 1. The Kier molecular flexibility index (Phi) is 9.83. The fourth-order valence-corrected chi connectivity index (χ4v) is 3.38. The minimum atomic E-state index is -0.228. The lowest BCUT2D eigenvalue weighted by molar-refractivity contribution is 0.0170. The van der Waals surface area contributed by atoms with E-state index in [2.05, 4.69) is 51.7 Å². The zero-order valence-electron chi connectivity index (χ0n) is 17.0. The maximum absolute atomic E-state index is 13.4. The van der Waals surface area contributed by atoms with Gasteiger partial charge in [0.25, 0.3) is 0 Å². The maximum Gasteiger partial charge on any atom is 0.191 e. The summed E-state index contributed by atoms with van der Waals surface area (Å²) >= 11 is 0. The van der Waals surface area contributed by atoms with E-state index in [9.17, 15) is 4.39 Å². The van der Waals surface area contributed by atoms with Gasteiger partial charge in [-0.2, -0.15) is 0 Å². The quantitative estimate of drug-likeness (QED) is 0.354. The van der Waals surface area contributed by atoms with Crippen LogP contribution in [0.5, 0.6) is 0 Å². The zero-order chi connectivity index (χ0) is 19.8. The van der Waals surface area contributed by atoms with Gasteiger partial charge in [-0.1, -0.05) is 42.0 Å². The van der Waals surface area contributed by atoms with Gasteiger partial charge in [-0.15, -0.1) is 24.0 Å². The second-order valence-corrected chi connectivity index (χ2v) is 7.01. The number of ether oxygens (including phenoxy) is 1. The van der Waals surface area contributed by atoms with Crippen molar-refractivity contribution in [1.29, 1.82) is 0 Å². The molecule has 158 valence electrons. The summed E-state index contributed by atoms with van der Waals surface area (Å²) in [5.41, 5.74) is 3.41. The Balaban J connectivity index is 0.00000300. The molecule has 1 fully saturated rings. The molecule has 0 amide bonds. The Morgan fingerprint density at radius 3 is 2.52 bits per heavy atom. The fourth-order valence-electron chi connectivity index (χ4n) is 3.38. The van der Waals surface area contributed by atoms with Crippen LogP contribution in [0.25, 0.3) is 0 Å². The predicted octanol–water partition coefficient (Wildman–Crippen LogP) is 3.49. The molecule has 0 spiro atoms. The van der Waals surface area contributed by atoms with E-state index in [1.807, 2.05) is 6.07 Å². The first-order valence-corrected chi connectivity index (χ1v) is 9.73. The van der Waals surface area contributed by atoms with Crippen LogP contribution in [-0.2, 0) is 11.3 Å². The van der Waals surface area contributed by atoms with Crippen molar-refractivity contribution in [3.8, 4) is 0 Å². The molecule has 0 radical (unpaired) electrons. The summed E-state index contributed by atoms with van der Waals surface area (Å²) in [6.07, 6.45) is 0. The Hall–Kier alpha value is -1.71. The molecule has 5 nitrogen and oxygen atoms in total. The highest BCUT2D eigenvalue weighted by Crippen LogP contribution is 2.21. The summed E-state index contributed by atoms with van der Waals surface area (Å²) in [6.45, 7) is 6.69. The fraction of sp³-hybridized carbons (Fsp3) is 0.409. The molecule has 0 bridgehead atoms. The average molecular weight is 512 g/mol. The standard InChI is InChI=1S/C22H29FN4O.HI/c1-17-6-8-19(9-7-17)21(27-10-12-28-13-11-27)16-26-22(24-2)25-15-18-4-3-5-20(23)14-18;/h3-9,14,21H,10-13,15-16H2,1-2H3,(H2,24,25,26);1H. The van der Waals surface area contributed by atoms with Gasteiger partial charge in [-0.05, 0) is 30.2 Å². The molecule has 1 heterocycles. The summed E-state index contributed by atoms with van der Waals surface area (Å²) in [4.78, 5) is 6.75. The monoisotopic (exact) mass is 512 g/mol. The smallest absolute Gasteiger partial charge is 0.191 e. The third kappa shape index (κ3) is 7.24. The van der Waals surface area contributed by atoms with Crippen molar-refractivity contribution in [2.75, 3.05) is 39.9 Å². The molecule has 29 heavy (non-hydrogen) atoms. The van der Waals surface area contributed by atoms with Gasteiger partial charge in [-0.3, -0.25) is 9.89 Å². The molecule has 2 aromatic carbocycles. The van der Waals surface area contributed by atoms with E-state index in [0.717, 1.165) is 38.4 Å². The summed E-state index contributed by atoms with van der Waals surface area (Å²) in [7, 11) is 1.75. The van der Waals surface area contributed by atoms with Crippen molar-refractivity contribution in [1.82, 2.24) is 15.5 Å². The van der Waals surface area contributed by atoms with E-state index in [1.54, 1.807) is 13.1 Å². The molecule has 1 unspecified atom stereocenters. The second kappa shape index (κ2) is 12.1. The maximum atomic E-state index is 13.4. The molecule has 2 aromatic rings. The van der Waals surface area contributed by atoms with E-state index in [4.69, 9.17) is 4.74 Å². The number of rotatable bonds is 6. The largest absolute Gasteiger partial charge is 0.379 e. The van der Waals surface area contributed by atoms with Crippen LogP contribution in [-0.4, -0.2) is 50.8 Å². The molecular formula is C22H30FIN4O. The van der Waals surface area contributed by atoms with Crippen molar-refractivity contribution in [2.45, 2.75) is 19.5 Å². The highest BCUT2D eigenvalue weighted by molar-refractivity contribution is 14.0. The highest BCUT2D eigenvalue weighted by atomic mass is 127. The lowest BCUT2D eigenvalue weighted by atomic mass is 10.0. The van der Waals surface area contributed by atoms with Crippen LogP contribution in [0.1, 0.15) is 22.7 Å². The number of halogens is 2. The predicted molar refractivity (Wildman–Crippen MR) is 126 cm³/mol. The van der Waals surface area contributed by atoms with Crippen LogP contribution in [0, 0.1) is 12.7 Å². The number of morpholine rings is 1. The third-order valence-electron chi connectivity index (χ3n) is 4.98. The lowest BCUT2D eigenvalue weighted by Gasteiger charge is -2.35. The molecule has 7 heteroatoms. The molecule has 0 aliphatic carbocycles. The van der Waals surface area contributed by atoms with E-state index in [0.29, 0.717) is 12.5 Å². The highest BCUT2D eigenvalue weighted by Gasteiger charge is 2.22. The lowest BCUT2D eigenvalue weighted by Crippen LogP contribution is -2.46. The van der Waals surface area contributed by atoms with Crippen molar-refractivity contribution in [2.24, 2.45) is 4.99 Å². The SMILES string of the molecule is CN=C(NCc1cccc(F)c1)NCC(c1ccc(C)cc1)N1CCOCC1.I. The summed E-state index contributed by atoms with van der Waals surface area (Å²) in [5.74, 6) is 0.476.